The summed E-state index contributed by atoms with van der Waals surface area (Å²) in [6.07, 6.45) is 0.754. The largest absolute Gasteiger partial charge is 0.396 e. The highest BCUT2D eigenvalue weighted by molar-refractivity contribution is 4.93. The Morgan fingerprint density at radius 1 is 1.19 bits per heavy atom. The zero-order valence-electron chi connectivity index (χ0n) is 10.5. The van der Waals surface area contributed by atoms with Crippen LogP contribution in [0.2, 0.25) is 0 Å². The summed E-state index contributed by atoms with van der Waals surface area (Å²) in [5, 5.41) is 9.38. The van der Waals surface area contributed by atoms with Crippen molar-refractivity contribution in [3.8, 4) is 0 Å². The first-order valence-electron chi connectivity index (χ1n) is 5.93. The Labute approximate surface area is 96.9 Å². The molecule has 0 amide bonds. The lowest BCUT2D eigenvalue weighted by Gasteiger charge is -2.25. The maximum Gasteiger partial charge on any atom is 0.163 e. The second-order valence-corrected chi connectivity index (χ2v) is 5.86. The van der Waals surface area contributed by atoms with E-state index >= 15 is 0 Å². The van der Waals surface area contributed by atoms with Crippen molar-refractivity contribution in [1.29, 1.82) is 0 Å². The van der Waals surface area contributed by atoms with Crippen LogP contribution < -0.4 is 0 Å². The van der Waals surface area contributed by atoms with Gasteiger partial charge in [-0.3, -0.25) is 0 Å². The molecule has 0 aromatic carbocycles. The van der Waals surface area contributed by atoms with E-state index in [1.165, 1.54) is 0 Å². The molecule has 0 bridgehead atoms. The van der Waals surface area contributed by atoms with Crippen molar-refractivity contribution >= 4 is 0 Å². The van der Waals surface area contributed by atoms with E-state index in [-0.39, 0.29) is 30.3 Å². The Morgan fingerprint density at radius 3 is 2.38 bits per heavy atom. The highest BCUT2D eigenvalue weighted by Gasteiger charge is 2.48. The SMILES string of the molecule is CC1(C)C[C@H](CO)[C@H]([C@H]2COC(C)(C)O2)O1. The van der Waals surface area contributed by atoms with Gasteiger partial charge in [0.05, 0.1) is 18.3 Å². The number of aliphatic hydroxyl groups excluding tert-OH is 1. The summed E-state index contributed by atoms with van der Waals surface area (Å²) in [6.45, 7) is 8.61. The third-order valence-electron chi connectivity index (χ3n) is 3.30. The zero-order chi connectivity index (χ0) is 12.0. The molecule has 0 spiro atoms. The normalized spacial score (nSPS) is 41.4. The zero-order valence-corrected chi connectivity index (χ0v) is 10.5. The number of ether oxygens (including phenoxy) is 3. The molecular formula is C12H22O4. The van der Waals surface area contributed by atoms with E-state index in [1.807, 2.05) is 13.8 Å². The fourth-order valence-corrected chi connectivity index (χ4v) is 2.69. The Kier molecular flexibility index (Phi) is 3.03. The van der Waals surface area contributed by atoms with Gasteiger partial charge in [0.1, 0.15) is 6.10 Å². The summed E-state index contributed by atoms with van der Waals surface area (Å²) in [6, 6.07) is 0. The van der Waals surface area contributed by atoms with Crippen molar-refractivity contribution in [1.82, 2.24) is 0 Å². The smallest absolute Gasteiger partial charge is 0.163 e. The average molecular weight is 230 g/mol. The molecular weight excluding hydrogens is 208 g/mol. The molecule has 2 saturated heterocycles. The molecule has 0 radical (unpaired) electrons. The lowest BCUT2D eigenvalue weighted by molar-refractivity contribution is -0.163. The van der Waals surface area contributed by atoms with Crippen LogP contribution in [0.4, 0.5) is 0 Å². The van der Waals surface area contributed by atoms with E-state index in [4.69, 9.17) is 14.2 Å². The first kappa shape index (κ1) is 12.3. The van der Waals surface area contributed by atoms with Gasteiger partial charge in [0.25, 0.3) is 0 Å². The fourth-order valence-electron chi connectivity index (χ4n) is 2.69. The monoisotopic (exact) mass is 230 g/mol. The summed E-state index contributed by atoms with van der Waals surface area (Å²) in [7, 11) is 0. The fraction of sp³-hybridized carbons (Fsp3) is 1.00. The second-order valence-electron chi connectivity index (χ2n) is 5.86. The third-order valence-corrected chi connectivity index (χ3v) is 3.30. The van der Waals surface area contributed by atoms with Crippen LogP contribution in [0, 0.1) is 5.92 Å². The Morgan fingerprint density at radius 2 is 1.88 bits per heavy atom. The molecule has 94 valence electrons. The molecule has 3 atom stereocenters. The first-order valence-corrected chi connectivity index (χ1v) is 5.93. The van der Waals surface area contributed by atoms with Gasteiger partial charge in [-0.1, -0.05) is 0 Å². The van der Waals surface area contributed by atoms with Crippen LogP contribution in [0.15, 0.2) is 0 Å². The van der Waals surface area contributed by atoms with Crippen molar-refractivity contribution in [3.63, 3.8) is 0 Å². The molecule has 2 aliphatic rings. The van der Waals surface area contributed by atoms with Gasteiger partial charge in [0, 0.05) is 12.5 Å². The topological polar surface area (TPSA) is 47.9 Å². The van der Waals surface area contributed by atoms with Gasteiger partial charge >= 0.3 is 0 Å². The van der Waals surface area contributed by atoms with Crippen molar-refractivity contribution in [3.05, 3.63) is 0 Å². The molecule has 2 heterocycles. The van der Waals surface area contributed by atoms with Crippen LogP contribution >= 0.6 is 0 Å². The summed E-state index contributed by atoms with van der Waals surface area (Å²) >= 11 is 0. The standard InChI is InChI=1S/C12H22O4/c1-11(2)5-8(6-13)10(16-11)9-7-14-12(3,4)15-9/h8-10,13H,5-7H2,1-4H3/t8-,9-,10-/m1/s1. The van der Waals surface area contributed by atoms with E-state index in [1.54, 1.807) is 0 Å². The summed E-state index contributed by atoms with van der Waals surface area (Å²) in [4.78, 5) is 0. The van der Waals surface area contributed by atoms with Gasteiger partial charge in [-0.15, -0.1) is 0 Å². The number of hydrogen-bond donors (Lipinski definition) is 1. The Bertz CT molecular complexity index is 262. The summed E-state index contributed by atoms with van der Waals surface area (Å²) in [5.41, 5.74) is -0.172. The van der Waals surface area contributed by atoms with E-state index in [2.05, 4.69) is 13.8 Å². The quantitative estimate of drug-likeness (QED) is 0.777. The van der Waals surface area contributed by atoms with Crippen molar-refractivity contribution in [2.24, 2.45) is 5.92 Å². The lowest BCUT2D eigenvalue weighted by Crippen LogP contribution is -2.36. The molecule has 0 aromatic heterocycles. The van der Waals surface area contributed by atoms with Gasteiger partial charge in [-0.25, -0.2) is 0 Å². The minimum atomic E-state index is -0.527. The number of hydrogen-bond acceptors (Lipinski definition) is 4. The van der Waals surface area contributed by atoms with E-state index in [0.717, 1.165) is 6.42 Å². The number of aliphatic hydroxyl groups is 1. The molecule has 4 heteroatoms. The molecule has 2 rings (SSSR count). The molecule has 2 aliphatic heterocycles. The van der Waals surface area contributed by atoms with Crippen LogP contribution in [0.5, 0.6) is 0 Å². The van der Waals surface area contributed by atoms with Crippen LogP contribution in [0.25, 0.3) is 0 Å². The Hall–Kier alpha value is -0.160. The molecule has 0 aliphatic carbocycles. The molecule has 2 fully saturated rings. The van der Waals surface area contributed by atoms with Gasteiger partial charge in [0.2, 0.25) is 0 Å². The van der Waals surface area contributed by atoms with Gasteiger partial charge in [-0.05, 0) is 34.1 Å². The molecule has 1 N–H and O–H groups in total. The van der Waals surface area contributed by atoms with E-state index in [9.17, 15) is 5.11 Å². The summed E-state index contributed by atoms with van der Waals surface area (Å²) < 4.78 is 17.3. The van der Waals surface area contributed by atoms with Gasteiger partial charge < -0.3 is 19.3 Å². The highest BCUT2D eigenvalue weighted by Crippen LogP contribution is 2.39. The predicted octanol–water partition coefficient (Wildman–Crippen LogP) is 1.31. The Balaban J connectivity index is 2.04. The third kappa shape index (κ3) is 2.40. The predicted molar refractivity (Wildman–Crippen MR) is 59.0 cm³/mol. The molecule has 0 saturated carbocycles. The van der Waals surface area contributed by atoms with Crippen LogP contribution in [0.3, 0.4) is 0 Å². The maximum absolute atomic E-state index is 9.38. The second kappa shape index (κ2) is 3.95. The van der Waals surface area contributed by atoms with E-state index in [0.29, 0.717) is 6.61 Å². The minimum absolute atomic E-state index is 0.0539. The molecule has 0 aromatic rings. The minimum Gasteiger partial charge on any atom is -0.396 e. The van der Waals surface area contributed by atoms with Gasteiger partial charge in [0.15, 0.2) is 5.79 Å². The van der Waals surface area contributed by atoms with Gasteiger partial charge in [-0.2, -0.15) is 0 Å². The number of rotatable bonds is 2. The molecule has 0 unspecified atom stereocenters. The van der Waals surface area contributed by atoms with Crippen molar-refractivity contribution < 1.29 is 19.3 Å². The molecule has 16 heavy (non-hydrogen) atoms. The van der Waals surface area contributed by atoms with Crippen molar-refractivity contribution in [2.75, 3.05) is 13.2 Å². The highest BCUT2D eigenvalue weighted by atomic mass is 16.7. The average Bonchev–Trinajstić information content (AvgIpc) is 2.65. The lowest BCUT2D eigenvalue weighted by atomic mass is 9.93. The summed E-state index contributed by atoms with van der Waals surface area (Å²) in [5.74, 6) is -0.377. The van der Waals surface area contributed by atoms with Crippen molar-refractivity contribution in [2.45, 2.75) is 57.7 Å². The van der Waals surface area contributed by atoms with Crippen LogP contribution in [-0.2, 0) is 14.2 Å². The van der Waals surface area contributed by atoms with Crippen LogP contribution in [-0.4, -0.2) is 41.9 Å². The maximum atomic E-state index is 9.38. The van der Waals surface area contributed by atoms with E-state index < -0.39 is 5.79 Å². The van der Waals surface area contributed by atoms with Crippen LogP contribution in [0.1, 0.15) is 34.1 Å². The molecule has 4 nitrogen and oxygen atoms in total. The first-order chi connectivity index (χ1) is 7.33.